The SMILES string of the molecule is CC1(CO)CC(c2cc(C(F)(F)F)n(-c3ccc(CC(=O)c4c(F)cccc4F)cn3)n2)=NO1. The summed E-state index contributed by atoms with van der Waals surface area (Å²) in [5.74, 6) is -3.06. The maximum absolute atomic E-state index is 13.8. The van der Waals surface area contributed by atoms with Crippen LogP contribution in [0.2, 0.25) is 0 Å². The largest absolute Gasteiger partial charge is 0.433 e. The number of rotatable bonds is 6. The number of aliphatic hydroxyl groups is 1. The third-order valence-corrected chi connectivity index (χ3v) is 5.18. The minimum atomic E-state index is -4.77. The van der Waals surface area contributed by atoms with Crippen LogP contribution in [0.25, 0.3) is 5.82 Å². The Bertz CT molecular complexity index is 1250. The summed E-state index contributed by atoms with van der Waals surface area (Å²) < 4.78 is 69.2. The van der Waals surface area contributed by atoms with Crippen LogP contribution in [0.1, 0.15) is 40.7 Å². The summed E-state index contributed by atoms with van der Waals surface area (Å²) in [6, 6.07) is 6.35. The lowest BCUT2D eigenvalue weighted by molar-refractivity contribution is -0.142. The number of hydrogen-bond acceptors (Lipinski definition) is 6. The Labute approximate surface area is 189 Å². The Balaban J connectivity index is 1.61. The highest BCUT2D eigenvalue weighted by atomic mass is 19.4. The molecule has 7 nitrogen and oxygen atoms in total. The highest BCUT2D eigenvalue weighted by molar-refractivity contribution is 6.00. The fourth-order valence-corrected chi connectivity index (χ4v) is 3.39. The van der Waals surface area contributed by atoms with Crippen LogP contribution in [0.5, 0.6) is 0 Å². The lowest BCUT2D eigenvalue weighted by atomic mass is 9.99. The number of Topliss-reactive ketones (excluding diaryl/α,β-unsaturated/α-hetero) is 1. The molecule has 1 unspecified atom stereocenters. The summed E-state index contributed by atoms with van der Waals surface area (Å²) >= 11 is 0. The van der Waals surface area contributed by atoms with E-state index >= 15 is 0 Å². The average Bonchev–Trinajstić information content (AvgIpc) is 3.39. The zero-order valence-electron chi connectivity index (χ0n) is 17.6. The summed E-state index contributed by atoms with van der Waals surface area (Å²) in [7, 11) is 0. The van der Waals surface area contributed by atoms with E-state index in [0.717, 1.165) is 30.5 Å². The van der Waals surface area contributed by atoms with Crippen molar-refractivity contribution in [3.05, 3.63) is 76.7 Å². The number of nitrogens with zero attached hydrogens (tertiary/aromatic N) is 4. The van der Waals surface area contributed by atoms with E-state index in [1.54, 1.807) is 6.92 Å². The minimum Gasteiger partial charge on any atom is -0.392 e. The van der Waals surface area contributed by atoms with Crippen LogP contribution in [0.3, 0.4) is 0 Å². The quantitative estimate of drug-likeness (QED) is 0.428. The number of aliphatic hydroxyl groups excluding tert-OH is 1. The third-order valence-electron chi connectivity index (χ3n) is 5.18. The fourth-order valence-electron chi connectivity index (χ4n) is 3.39. The van der Waals surface area contributed by atoms with Crippen molar-refractivity contribution in [1.29, 1.82) is 0 Å². The lowest BCUT2D eigenvalue weighted by Gasteiger charge is -2.16. The topological polar surface area (TPSA) is 89.6 Å². The van der Waals surface area contributed by atoms with Gasteiger partial charge in [0.05, 0.1) is 12.2 Å². The summed E-state index contributed by atoms with van der Waals surface area (Å²) in [5, 5.41) is 17.1. The van der Waals surface area contributed by atoms with Gasteiger partial charge in [0.1, 0.15) is 23.0 Å². The number of oxime groups is 1. The predicted octanol–water partition coefficient (Wildman–Crippen LogP) is 3.87. The first-order valence-corrected chi connectivity index (χ1v) is 9.97. The molecule has 1 aliphatic rings. The minimum absolute atomic E-state index is 0.0545. The standard InChI is InChI=1S/C22H17F5N4O3/c1-21(11-32)9-16(30-34-21)15-8-18(22(25,26)27)31(29-15)19-6-5-12(10-28-19)7-17(33)20-13(23)3-2-4-14(20)24/h2-6,8,10,32H,7,9,11H2,1H3. The smallest absolute Gasteiger partial charge is 0.392 e. The van der Waals surface area contributed by atoms with Crippen LogP contribution in [0.4, 0.5) is 22.0 Å². The van der Waals surface area contributed by atoms with E-state index in [9.17, 15) is 31.9 Å². The third kappa shape index (κ3) is 4.53. The maximum atomic E-state index is 13.8. The van der Waals surface area contributed by atoms with Gasteiger partial charge in [-0.1, -0.05) is 17.3 Å². The van der Waals surface area contributed by atoms with Crippen molar-refractivity contribution < 1.29 is 36.7 Å². The van der Waals surface area contributed by atoms with Crippen molar-refractivity contribution in [2.75, 3.05) is 6.61 Å². The molecule has 0 spiro atoms. The Hall–Kier alpha value is -3.67. The van der Waals surface area contributed by atoms with Crippen LogP contribution >= 0.6 is 0 Å². The van der Waals surface area contributed by atoms with E-state index in [-0.39, 0.29) is 35.8 Å². The van der Waals surface area contributed by atoms with Gasteiger partial charge in [0.2, 0.25) is 0 Å². The molecule has 34 heavy (non-hydrogen) atoms. The fraction of sp³-hybridized carbons (Fsp3) is 0.273. The molecule has 0 bridgehead atoms. The molecule has 0 saturated heterocycles. The summed E-state index contributed by atoms with van der Waals surface area (Å²) in [4.78, 5) is 21.4. The van der Waals surface area contributed by atoms with Crippen LogP contribution < -0.4 is 0 Å². The Morgan fingerprint density at radius 3 is 2.47 bits per heavy atom. The molecule has 2 aromatic heterocycles. The number of pyridine rings is 1. The van der Waals surface area contributed by atoms with Crippen molar-refractivity contribution in [3.8, 4) is 5.82 Å². The van der Waals surface area contributed by atoms with Gasteiger partial charge in [-0.25, -0.2) is 18.4 Å². The number of carbonyl (C=O) groups is 1. The highest BCUT2D eigenvalue weighted by Crippen LogP contribution is 2.33. The zero-order chi connectivity index (χ0) is 24.7. The van der Waals surface area contributed by atoms with Gasteiger partial charge >= 0.3 is 6.18 Å². The molecule has 0 saturated carbocycles. The monoisotopic (exact) mass is 480 g/mol. The summed E-state index contributed by atoms with van der Waals surface area (Å²) in [5.41, 5.74) is -2.59. The van der Waals surface area contributed by atoms with E-state index in [1.165, 1.54) is 12.1 Å². The molecular weight excluding hydrogens is 463 g/mol. The molecular formula is C22H17F5N4O3. The van der Waals surface area contributed by atoms with Gasteiger partial charge in [0.25, 0.3) is 0 Å². The molecule has 0 aliphatic carbocycles. The molecule has 4 rings (SSSR count). The van der Waals surface area contributed by atoms with Gasteiger partial charge in [-0.05, 0) is 36.8 Å². The van der Waals surface area contributed by atoms with Gasteiger partial charge in [0, 0.05) is 19.0 Å². The number of carbonyl (C=O) groups excluding carboxylic acids is 1. The molecule has 0 radical (unpaired) electrons. The Morgan fingerprint density at radius 1 is 1.21 bits per heavy atom. The first kappa shape index (κ1) is 23.5. The van der Waals surface area contributed by atoms with Crippen molar-refractivity contribution >= 4 is 11.5 Å². The second-order valence-electron chi connectivity index (χ2n) is 7.96. The van der Waals surface area contributed by atoms with Gasteiger partial charge in [-0.3, -0.25) is 4.79 Å². The first-order chi connectivity index (χ1) is 16.0. The second-order valence-corrected chi connectivity index (χ2v) is 7.96. The van der Waals surface area contributed by atoms with E-state index in [1.807, 2.05) is 0 Å². The first-order valence-electron chi connectivity index (χ1n) is 9.97. The maximum Gasteiger partial charge on any atom is 0.433 e. The average molecular weight is 480 g/mol. The number of halogens is 5. The van der Waals surface area contributed by atoms with Crippen LogP contribution in [-0.2, 0) is 17.4 Å². The van der Waals surface area contributed by atoms with Gasteiger partial charge in [-0.2, -0.15) is 18.3 Å². The normalized spacial score (nSPS) is 18.0. The molecule has 1 N–H and O–H groups in total. The molecule has 12 heteroatoms. The van der Waals surface area contributed by atoms with Crippen LogP contribution in [-0.4, -0.2) is 43.6 Å². The molecule has 0 fully saturated rings. The lowest BCUT2D eigenvalue weighted by Crippen LogP contribution is -2.29. The van der Waals surface area contributed by atoms with Crippen molar-refractivity contribution in [2.24, 2.45) is 5.16 Å². The van der Waals surface area contributed by atoms with E-state index in [2.05, 4.69) is 15.2 Å². The Kier molecular flexibility index (Phi) is 5.94. The number of hydrogen-bond donors (Lipinski definition) is 1. The molecule has 1 aromatic carbocycles. The van der Waals surface area contributed by atoms with Gasteiger partial charge in [-0.15, -0.1) is 0 Å². The molecule has 0 amide bonds. The molecule has 3 aromatic rings. The van der Waals surface area contributed by atoms with Gasteiger partial charge in [0.15, 0.2) is 22.9 Å². The molecule has 3 heterocycles. The summed E-state index contributed by atoms with van der Waals surface area (Å²) in [6.07, 6.45) is -3.99. The molecule has 178 valence electrons. The molecule has 1 aliphatic heterocycles. The Morgan fingerprint density at radius 2 is 1.91 bits per heavy atom. The van der Waals surface area contributed by atoms with Crippen molar-refractivity contribution in [2.45, 2.75) is 31.5 Å². The van der Waals surface area contributed by atoms with E-state index in [4.69, 9.17) is 4.84 Å². The highest BCUT2D eigenvalue weighted by Gasteiger charge is 2.40. The summed E-state index contributed by atoms with van der Waals surface area (Å²) in [6.45, 7) is 1.17. The van der Waals surface area contributed by atoms with Crippen molar-refractivity contribution in [1.82, 2.24) is 14.8 Å². The van der Waals surface area contributed by atoms with Crippen molar-refractivity contribution in [3.63, 3.8) is 0 Å². The van der Waals surface area contributed by atoms with Crippen LogP contribution in [0.15, 0.2) is 47.8 Å². The predicted molar refractivity (Wildman–Crippen MR) is 108 cm³/mol. The number of alkyl halides is 3. The number of aromatic nitrogens is 3. The second kappa shape index (κ2) is 8.60. The zero-order valence-corrected chi connectivity index (χ0v) is 17.6. The van der Waals surface area contributed by atoms with Crippen LogP contribution in [0, 0.1) is 11.6 Å². The molecule has 1 atom stereocenters. The number of benzene rings is 1. The van der Waals surface area contributed by atoms with Gasteiger partial charge < -0.3 is 9.94 Å². The number of ketones is 1. The van der Waals surface area contributed by atoms with E-state index < -0.39 is 46.9 Å². The van der Waals surface area contributed by atoms with E-state index in [0.29, 0.717) is 4.68 Å².